The molecule has 2 saturated carbocycles. The molecule has 1 aromatic carbocycles. The molecule has 242 valence electrons. The molecule has 44 heavy (non-hydrogen) atoms. The molecule has 2 fully saturated rings. The Labute approximate surface area is 254 Å². The summed E-state index contributed by atoms with van der Waals surface area (Å²) in [5.41, 5.74) is 11.4. The minimum Gasteiger partial charge on any atom is -0.368 e. The lowest BCUT2D eigenvalue weighted by Crippen LogP contribution is -2.40. The van der Waals surface area contributed by atoms with Gasteiger partial charge in [-0.3, -0.25) is 0 Å². The summed E-state index contributed by atoms with van der Waals surface area (Å²) in [6.07, 6.45) is -2.43. The first-order valence-electron chi connectivity index (χ1n) is 15.2. The number of hydrazine groups is 1. The minimum absolute atomic E-state index is 0.0924. The number of nitrogens with two attached hydrogens (primary N) is 1. The summed E-state index contributed by atoms with van der Waals surface area (Å²) in [7, 11) is 1.56. The first-order chi connectivity index (χ1) is 20.6. The van der Waals surface area contributed by atoms with Crippen LogP contribution in [-0.2, 0) is 37.3 Å². The number of aryl methyl sites for hydroxylation is 1. The van der Waals surface area contributed by atoms with Gasteiger partial charge in [0.25, 0.3) is 0 Å². The summed E-state index contributed by atoms with van der Waals surface area (Å²) < 4.78 is 82.0. The Bertz CT molecular complexity index is 1320. The number of hydrogen-bond donors (Lipinski definition) is 3. The van der Waals surface area contributed by atoms with Crippen LogP contribution in [0.5, 0.6) is 0 Å². The smallest absolute Gasteiger partial charge is 0.368 e. The van der Waals surface area contributed by atoms with Crippen molar-refractivity contribution in [1.82, 2.24) is 20.8 Å². The monoisotopic (exact) mass is 625 g/mol. The van der Waals surface area contributed by atoms with E-state index in [0.29, 0.717) is 11.8 Å². The number of rotatable bonds is 11. The molecule has 0 spiro atoms. The van der Waals surface area contributed by atoms with Crippen molar-refractivity contribution in [1.29, 1.82) is 0 Å². The standard InChI is InChI=1S/C31H41F6N7/c1-29(2)10-4-5-22-13-23(27(40-26(22)29)43(15-19-6-7-19)16-20-8-9-20)18-44(28(38)41-42-39-3)17-21-11-24(30(32,33)34)14-25(12-21)31(35,36)37/h11-14,19-20,39,42H,4-10,15-18H2,1-3H3,(H2,38,41). The Morgan fingerprint density at radius 1 is 0.955 bits per heavy atom. The number of halogens is 6. The van der Waals surface area contributed by atoms with Crippen LogP contribution >= 0.6 is 0 Å². The van der Waals surface area contributed by atoms with Gasteiger partial charge in [0, 0.05) is 44.2 Å². The van der Waals surface area contributed by atoms with Crippen molar-refractivity contribution in [2.45, 2.75) is 89.7 Å². The highest BCUT2D eigenvalue weighted by Crippen LogP contribution is 2.41. The van der Waals surface area contributed by atoms with E-state index >= 15 is 0 Å². The van der Waals surface area contributed by atoms with E-state index in [1.807, 2.05) is 0 Å². The van der Waals surface area contributed by atoms with E-state index in [9.17, 15) is 26.3 Å². The van der Waals surface area contributed by atoms with Crippen molar-refractivity contribution in [2.24, 2.45) is 22.7 Å². The summed E-state index contributed by atoms with van der Waals surface area (Å²) >= 11 is 0. The second-order valence-corrected chi connectivity index (χ2v) is 13.1. The average molecular weight is 626 g/mol. The molecule has 5 rings (SSSR count). The molecule has 0 amide bonds. The largest absolute Gasteiger partial charge is 0.416 e. The fourth-order valence-corrected chi connectivity index (χ4v) is 6.01. The maximum absolute atomic E-state index is 13.7. The summed E-state index contributed by atoms with van der Waals surface area (Å²) in [6.45, 7) is 5.88. The van der Waals surface area contributed by atoms with E-state index in [1.165, 1.54) is 4.90 Å². The molecule has 2 aromatic rings. The van der Waals surface area contributed by atoms with Gasteiger partial charge >= 0.3 is 12.4 Å². The molecule has 13 heteroatoms. The van der Waals surface area contributed by atoms with Crippen molar-refractivity contribution in [3.05, 3.63) is 57.8 Å². The second-order valence-electron chi connectivity index (χ2n) is 13.1. The fraction of sp³-hybridized carbons (Fsp3) is 0.613. The van der Waals surface area contributed by atoms with Crippen LogP contribution in [0.25, 0.3) is 0 Å². The molecule has 0 unspecified atom stereocenters. The highest BCUT2D eigenvalue weighted by Gasteiger charge is 2.38. The molecule has 0 saturated heterocycles. The van der Waals surface area contributed by atoms with Crippen LogP contribution in [-0.4, -0.2) is 36.0 Å². The zero-order chi connectivity index (χ0) is 31.9. The van der Waals surface area contributed by atoms with Gasteiger partial charge in [-0.2, -0.15) is 26.3 Å². The number of nitrogens with zero attached hydrogens (tertiary/aromatic N) is 4. The number of aromatic nitrogens is 1. The molecule has 3 aliphatic carbocycles. The van der Waals surface area contributed by atoms with Gasteiger partial charge < -0.3 is 15.5 Å². The molecule has 1 aromatic heterocycles. The first kappa shape index (κ1) is 32.2. The molecule has 0 bridgehead atoms. The maximum atomic E-state index is 13.7. The van der Waals surface area contributed by atoms with E-state index in [2.05, 4.69) is 40.9 Å². The zero-order valence-electron chi connectivity index (χ0n) is 25.4. The molecule has 4 N–H and O–H groups in total. The zero-order valence-corrected chi connectivity index (χ0v) is 25.4. The number of hydrogen-bond acceptors (Lipinski definition) is 5. The molecule has 0 atom stereocenters. The van der Waals surface area contributed by atoms with Crippen LogP contribution in [0.3, 0.4) is 0 Å². The molecule has 7 nitrogen and oxygen atoms in total. The van der Waals surface area contributed by atoms with Crippen LogP contribution in [0.4, 0.5) is 32.2 Å². The van der Waals surface area contributed by atoms with Crippen molar-refractivity contribution in [2.75, 3.05) is 25.0 Å². The van der Waals surface area contributed by atoms with Crippen molar-refractivity contribution < 1.29 is 26.3 Å². The van der Waals surface area contributed by atoms with Crippen LogP contribution < -0.4 is 21.6 Å². The third-order valence-electron chi connectivity index (χ3n) is 8.69. The third kappa shape index (κ3) is 7.89. The Morgan fingerprint density at radius 3 is 2.07 bits per heavy atom. The number of benzene rings is 1. The van der Waals surface area contributed by atoms with E-state index in [-0.39, 0.29) is 36.1 Å². The number of fused-ring (bicyclic) bond motifs is 1. The minimum atomic E-state index is -4.96. The van der Waals surface area contributed by atoms with Crippen LogP contribution in [0.1, 0.15) is 85.9 Å². The number of alkyl halides is 6. The average Bonchev–Trinajstić information content (AvgIpc) is 3.87. The van der Waals surface area contributed by atoms with E-state index in [1.54, 1.807) is 7.05 Å². The van der Waals surface area contributed by atoms with Crippen molar-refractivity contribution in [3.63, 3.8) is 0 Å². The lowest BCUT2D eigenvalue weighted by Gasteiger charge is -2.35. The van der Waals surface area contributed by atoms with Gasteiger partial charge in [0.1, 0.15) is 5.82 Å². The third-order valence-corrected chi connectivity index (χ3v) is 8.69. The van der Waals surface area contributed by atoms with Gasteiger partial charge in [0.2, 0.25) is 5.96 Å². The number of anilines is 1. The van der Waals surface area contributed by atoms with Gasteiger partial charge in [-0.25, -0.2) is 15.9 Å². The summed E-state index contributed by atoms with van der Waals surface area (Å²) in [4.78, 5) is 9.14. The van der Waals surface area contributed by atoms with Crippen LogP contribution in [0.2, 0.25) is 0 Å². The predicted octanol–water partition coefficient (Wildman–Crippen LogP) is 6.32. The summed E-state index contributed by atoms with van der Waals surface area (Å²) in [5.74, 6) is 1.89. The summed E-state index contributed by atoms with van der Waals surface area (Å²) in [5, 5.41) is 4.06. The van der Waals surface area contributed by atoms with E-state index in [4.69, 9.17) is 10.7 Å². The summed E-state index contributed by atoms with van der Waals surface area (Å²) in [6, 6.07) is 3.73. The number of nitrogens with one attached hydrogen (secondary N) is 2. The van der Waals surface area contributed by atoms with Gasteiger partial charge in [0.15, 0.2) is 0 Å². The fourth-order valence-electron chi connectivity index (χ4n) is 6.01. The van der Waals surface area contributed by atoms with Gasteiger partial charge in [-0.05, 0) is 92.2 Å². The molecular formula is C31H41F6N7. The van der Waals surface area contributed by atoms with Gasteiger partial charge in [-0.15, -0.1) is 5.10 Å². The Hall–Kier alpha value is -3.22. The van der Waals surface area contributed by atoms with Crippen molar-refractivity contribution >= 4 is 11.8 Å². The Kier molecular flexibility index (Phi) is 8.99. The molecule has 0 aliphatic heterocycles. The maximum Gasteiger partial charge on any atom is 0.416 e. The molecular weight excluding hydrogens is 584 g/mol. The normalized spacial score (nSPS) is 18.6. The first-order valence-corrected chi connectivity index (χ1v) is 15.2. The van der Waals surface area contributed by atoms with Crippen LogP contribution in [0.15, 0.2) is 29.4 Å². The number of guanidine groups is 1. The van der Waals surface area contributed by atoms with Gasteiger partial charge in [0.05, 0.1) is 16.8 Å². The SMILES string of the molecule is CNN/N=C(\N)N(Cc1cc(C(F)(F)F)cc(C(F)(F)F)c1)Cc1cc2c(nc1N(CC1CC1)CC1CC1)C(C)(C)CCC2. The number of hydrazone groups is 1. The molecule has 1 heterocycles. The lowest BCUT2D eigenvalue weighted by atomic mass is 9.75. The Balaban J connectivity index is 1.57. The highest BCUT2D eigenvalue weighted by molar-refractivity contribution is 5.78. The topological polar surface area (TPSA) is 81.8 Å². The van der Waals surface area contributed by atoms with Gasteiger partial charge in [-0.1, -0.05) is 13.8 Å². The predicted molar refractivity (Wildman–Crippen MR) is 157 cm³/mol. The van der Waals surface area contributed by atoms with Crippen molar-refractivity contribution in [3.8, 4) is 0 Å². The highest BCUT2D eigenvalue weighted by atomic mass is 19.4. The molecule has 0 radical (unpaired) electrons. The van der Waals surface area contributed by atoms with Crippen LogP contribution in [0, 0.1) is 11.8 Å². The van der Waals surface area contributed by atoms with E-state index < -0.39 is 23.5 Å². The van der Waals surface area contributed by atoms with E-state index in [0.717, 1.165) is 92.8 Å². The Morgan fingerprint density at radius 2 is 1.55 bits per heavy atom. The lowest BCUT2D eigenvalue weighted by molar-refractivity contribution is -0.143. The second kappa shape index (κ2) is 12.3. The molecule has 3 aliphatic rings. The quantitative estimate of drug-likeness (QED) is 0.118. The number of pyridine rings is 1.